The van der Waals surface area contributed by atoms with Crippen LogP contribution in [0.3, 0.4) is 0 Å². The van der Waals surface area contributed by atoms with E-state index in [1.54, 1.807) is 11.3 Å². The van der Waals surface area contributed by atoms with Gasteiger partial charge in [-0.05, 0) is 32.4 Å². The molecule has 1 fully saturated rings. The van der Waals surface area contributed by atoms with E-state index in [9.17, 15) is 0 Å². The average Bonchev–Trinajstić information content (AvgIpc) is 2.74. The highest BCUT2D eigenvalue weighted by atomic mass is 32.1. The molecule has 0 amide bonds. The highest BCUT2D eigenvalue weighted by Gasteiger charge is 2.20. The van der Waals surface area contributed by atoms with Crippen LogP contribution in [0.2, 0.25) is 0 Å². The Morgan fingerprint density at radius 3 is 3.05 bits per heavy atom. The monoisotopic (exact) mass is 281 g/mol. The molecule has 4 heteroatoms. The Labute approximate surface area is 121 Å². The molecule has 1 aliphatic heterocycles. The predicted molar refractivity (Wildman–Crippen MR) is 82.5 cm³/mol. The van der Waals surface area contributed by atoms with Crippen molar-refractivity contribution in [1.29, 1.82) is 0 Å². The average molecular weight is 281 g/mol. The predicted octanol–water partition coefficient (Wildman–Crippen LogP) is 3.41. The third-order valence-corrected chi connectivity index (χ3v) is 4.86. The summed E-state index contributed by atoms with van der Waals surface area (Å²) in [6, 6.07) is 0.765. The molecule has 1 aromatic rings. The van der Waals surface area contributed by atoms with Gasteiger partial charge in [-0.2, -0.15) is 0 Å². The summed E-state index contributed by atoms with van der Waals surface area (Å²) >= 11 is 1.79. The van der Waals surface area contributed by atoms with Gasteiger partial charge in [-0.15, -0.1) is 11.3 Å². The van der Waals surface area contributed by atoms with Crippen molar-refractivity contribution < 1.29 is 0 Å². The Balaban J connectivity index is 1.92. The zero-order valence-electron chi connectivity index (χ0n) is 12.3. The highest BCUT2D eigenvalue weighted by Crippen LogP contribution is 2.22. The van der Waals surface area contributed by atoms with Crippen molar-refractivity contribution in [3.8, 4) is 0 Å². The first-order chi connectivity index (χ1) is 9.33. The molecule has 1 atom stereocenters. The van der Waals surface area contributed by atoms with Crippen molar-refractivity contribution in [2.45, 2.75) is 65.1 Å². The third-order valence-electron chi connectivity index (χ3n) is 3.96. The fourth-order valence-corrected chi connectivity index (χ4v) is 3.60. The van der Waals surface area contributed by atoms with Crippen molar-refractivity contribution in [2.24, 2.45) is 0 Å². The van der Waals surface area contributed by atoms with Gasteiger partial charge < -0.3 is 5.32 Å². The lowest BCUT2D eigenvalue weighted by Gasteiger charge is -2.28. The molecule has 3 nitrogen and oxygen atoms in total. The molecule has 1 unspecified atom stereocenters. The van der Waals surface area contributed by atoms with Crippen LogP contribution in [0.4, 0.5) is 0 Å². The molecule has 2 rings (SSSR count). The number of hydrogen-bond donors (Lipinski definition) is 1. The van der Waals surface area contributed by atoms with E-state index >= 15 is 0 Å². The fourth-order valence-electron chi connectivity index (χ4n) is 2.85. The minimum atomic E-state index is 0.765. The van der Waals surface area contributed by atoms with Gasteiger partial charge in [0.1, 0.15) is 5.01 Å². The van der Waals surface area contributed by atoms with Crippen LogP contribution >= 0.6 is 11.3 Å². The Bertz CT molecular complexity index is 364. The smallest absolute Gasteiger partial charge is 0.107 e. The Morgan fingerprint density at radius 1 is 1.37 bits per heavy atom. The topological polar surface area (TPSA) is 28.2 Å². The minimum absolute atomic E-state index is 0.765. The van der Waals surface area contributed by atoms with Gasteiger partial charge in [0, 0.05) is 24.5 Å². The number of hydrogen-bond acceptors (Lipinski definition) is 4. The summed E-state index contributed by atoms with van der Waals surface area (Å²) < 4.78 is 0. The molecule has 0 saturated carbocycles. The van der Waals surface area contributed by atoms with Gasteiger partial charge >= 0.3 is 0 Å². The second-order valence-corrected chi connectivity index (χ2v) is 6.34. The van der Waals surface area contributed by atoms with E-state index < -0.39 is 0 Å². The van der Waals surface area contributed by atoms with Crippen molar-refractivity contribution in [3.63, 3.8) is 0 Å². The molecule has 0 aliphatic carbocycles. The molecule has 1 saturated heterocycles. The largest absolute Gasteiger partial charge is 0.311 e. The summed E-state index contributed by atoms with van der Waals surface area (Å²) in [5, 5.41) is 6.81. The Hall–Kier alpha value is -0.450. The van der Waals surface area contributed by atoms with E-state index in [1.807, 2.05) is 0 Å². The molecular formula is C15H27N3S. The van der Waals surface area contributed by atoms with E-state index in [0.717, 1.165) is 25.7 Å². The fraction of sp³-hybridized carbons (Fsp3) is 0.800. The maximum absolute atomic E-state index is 4.76. The molecule has 1 aromatic heterocycles. The molecule has 0 radical (unpaired) electrons. The van der Waals surface area contributed by atoms with Gasteiger partial charge in [0.25, 0.3) is 0 Å². The molecule has 0 spiro atoms. The number of nitrogens with zero attached hydrogens (tertiary/aromatic N) is 2. The summed E-state index contributed by atoms with van der Waals surface area (Å²) in [5.41, 5.74) is 1.26. The lowest BCUT2D eigenvalue weighted by atomic mass is 10.1. The van der Waals surface area contributed by atoms with Crippen molar-refractivity contribution in [3.05, 3.63) is 16.1 Å². The van der Waals surface area contributed by atoms with Crippen LogP contribution < -0.4 is 5.32 Å². The summed E-state index contributed by atoms with van der Waals surface area (Å²) in [6.45, 7) is 8.68. The lowest BCUT2D eigenvalue weighted by molar-refractivity contribution is 0.184. The first kappa shape index (κ1) is 14.9. The Kier molecular flexibility index (Phi) is 6.28. The first-order valence-electron chi connectivity index (χ1n) is 7.71. The molecular weight excluding hydrogens is 254 g/mol. The maximum atomic E-state index is 4.76. The van der Waals surface area contributed by atoms with Gasteiger partial charge in [-0.1, -0.05) is 26.7 Å². The second kappa shape index (κ2) is 7.98. The molecule has 0 bridgehead atoms. The van der Waals surface area contributed by atoms with E-state index in [2.05, 4.69) is 29.4 Å². The second-order valence-electron chi connectivity index (χ2n) is 5.39. The normalized spacial score (nSPS) is 21.5. The summed E-state index contributed by atoms with van der Waals surface area (Å²) in [5.74, 6) is 0. The summed E-state index contributed by atoms with van der Waals surface area (Å²) in [6.07, 6.45) is 6.79. The van der Waals surface area contributed by atoms with Crippen molar-refractivity contribution >= 4 is 11.3 Å². The van der Waals surface area contributed by atoms with Crippen LogP contribution in [0.15, 0.2) is 5.38 Å². The third kappa shape index (κ3) is 4.55. The van der Waals surface area contributed by atoms with Crippen LogP contribution in [0, 0.1) is 0 Å². The van der Waals surface area contributed by atoms with E-state index in [0.29, 0.717) is 0 Å². The maximum Gasteiger partial charge on any atom is 0.107 e. The van der Waals surface area contributed by atoms with Gasteiger partial charge in [0.05, 0.1) is 5.69 Å². The number of rotatable bonds is 6. The summed E-state index contributed by atoms with van der Waals surface area (Å²) in [4.78, 5) is 7.41. The number of aromatic nitrogens is 1. The molecule has 19 heavy (non-hydrogen) atoms. The number of thiazole rings is 1. The van der Waals surface area contributed by atoms with Crippen LogP contribution in [0.25, 0.3) is 0 Å². The van der Waals surface area contributed by atoms with Gasteiger partial charge in [-0.3, -0.25) is 4.90 Å². The minimum Gasteiger partial charge on any atom is -0.311 e. The van der Waals surface area contributed by atoms with Gasteiger partial charge in [0.2, 0.25) is 0 Å². The zero-order chi connectivity index (χ0) is 13.5. The van der Waals surface area contributed by atoms with E-state index in [-0.39, 0.29) is 0 Å². The van der Waals surface area contributed by atoms with E-state index in [4.69, 9.17) is 4.98 Å². The summed E-state index contributed by atoms with van der Waals surface area (Å²) in [7, 11) is 0. The van der Waals surface area contributed by atoms with E-state index in [1.165, 1.54) is 49.4 Å². The SMILES string of the molecule is CCNCc1nc(CN2CCCCCC2CC)cs1. The molecule has 1 N–H and O–H groups in total. The van der Waals surface area contributed by atoms with Crippen LogP contribution in [0.1, 0.15) is 56.7 Å². The van der Waals surface area contributed by atoms with Crippen LogP contribution in [0.5, 0.6) is 0 Å². The standard InChI is InChI=1S/C15H27N3S/c1-3-14-8-6-5-7-9-18(14)11-13-12-19-15(17-13)10-16-4-2/h12,14,16H,3-11H2,1-2H3. The number of likely N-dealkylation sites (tertiary alicyclic amines) is 1. The van der Waals surface area contributed by atoms with Gasteiger partial charge in [-0.25, -0.2) is 4.98 Å². The lowest BCUT2D eigenvalue weighted by Crippen LogP contribution is -2.33. The molecule has 1 aliphatic rings. The molecule has 108 valence electrons. The van der Waals surface area contributed by atoms with Gasteiger partial charge in [0.15, 0.2) is 0 Å². The highest BCUT2D eigenvalue weighted by molar-refractivity contribution is 7.09. The molecule has 2 heterocycles. The van der Waals surface area contributed by atoms with Crippen molar-refractivity contribution in [1.82, 2.24) is 15.2 Å². The molecule has 0 aromatic carbocycles. The van der Waals surface area contributed by atoms with Crippen LogP contribution in [-0.4, -0.2) is 29.0 Å². The zero-order valence-corrected chi connectivity index (χ0v) is 13.1. The Morgan fingerprint density at radius 2 is 2.26 bits per heavy atom. The van der Waals surface area contributed by atoms with Crippen LogP contribution in [-0.2, 0) is 13.1 Å². The number of nitrogens with one attached hydrogen (secondary N) is 1. The quantitative estimate of drug-likeness (QED) is 0.866. The first-order valence-corrected chi connectivity index (χ1v) is 8.59. The van der Waals surface area contributed by atoms with Crippen molar-refractivity contribution in [2.75, 3.05) is 13.1 Å².